The Morgan fingerprint density at radius 2 is 1.81 bits per heavy atom. The summed E-state index contributed by atoms with van der Waals surface area (Å²) in [4.78, 5) is 9.97. The van der Waals surface area contributed by atoms with Crippen LogP contribution >= 0.6 is 34.7 Å². The Hall–Kier alpha value is -2.14. The van der Waals surface area contributed by atoms with Crippen molar-refractivity contribution in [3.63, 3.8) is 0 Å². The second-order valence-corrected chi connectivity index (χ2v) is 7.94. The van der Waals surface area contributed by atoms with Crippen LogP contribution in [0.5, 0.6) is 0 Å². The Morgan fingerprint density at radius 3 is 2.62 bits per heavy atom. The molecule has 0 fully saturated rings. The van der Waals surface area contributed by atoms with Crippen molar-refractivity contribution in [2.75, 3.05) is 5.75 Å². The SMILES string of the molecule is Clc1ccc(-c2csc3ncnc(SC/C=C/c4ccccc4)c23)cc1. The number of hydrogen-bond donors (Lipinski definition) is 0. The maximum atomic E-state index is 6.02. The monoisotopic (exact) mass is 394 g/mol. The molecule has 0 amide bonds. The van der Waals surface area contributed by atoms with Crippen LogP contribution in [0, 0.1) is 0 Å². The number of rotatable bonds is 5. The average Bonchev–Trinajstić information content (AvgIpc) is 3.12. The van der Waals surface area contributed by atoms with Gasteiger partial charge in [-0.25, -0.2) is 9.97 Å². The standard InChI is InChI=1S/C21H15ClN2S2/c22-17-10-8-16(9-11-17)18-13-26-21-19(18)20(23-14-24-21)25-12-4-7-15-5-2-1-3-6-15/h1-11,13-14H,12H2/b7-4+. The second kappa shape index (κ2) is 8.04. The summed E-state index contributed by atoms with van der Waals surface area (Å²) in [5.41, 5.74) is 3.51. The van der Waals surface area contributed by atoms with E-state index in [9.17, 15) is 0 Å². The summed E-state index contributed by atoms with van der Waals surface area (Å²) in [5.74, 6) is 0.858. The highest BCUT2D eigenvalue weighted by Crippen LogP contribution is 2.38. The summed E-state index contributed by atoms with van der Waals surface area (Å²) < 4.78 is 0. The molecule has 128 valence electrons. The highest BCUT2D eigenvalue weighted by Gasteiger charge is 2.13. The average molecular weight is 395 g/mol. The molecule has 0 N–H and O–H groups in total. The van der Waals surface area contributed by atoms with Crippen molar-refractivity contribution in [1.29, 1.82) is 0 Å². The van der Waals surface area contributed by atoms with E-state index in [1.54, 1.807) is 29.4 Å². The van der Waals surface area contributed by atoms with Gasteiger partial charge in [-0.2, -0.15) is 0 Å². The molecule has 2 nitrogen and oxygen atoms in total. The number of thioether (sulfide) groups is 1. The molecule has 2 aromatic carbocycles. The summed E-state index contributed by atoms with van der Waals surface area (Å²) >= 11 is 9.40. The molecule has 0 spiro atoms. The lowest BCUT2D eigenvalue weighted by Gasteiger charge is -2.04. The van der Waals surface area contributed by atoms with E-state index in [4.69, 9.17) is 11.6 Å². The maximum absolute atomic E-state index is 6.02. The van der Waals surface area contributed by atoms with E-state index in [0.717, 1.165) is 37.1 Å². The molecular weight excluding hydrogens is 380 g/mol. The van der Waals surface area contributed by atoms with Crippen molar-refractivity contribution in [2.45, 2.75) is 5.03 Å². The Bertz CT molecular complexity index is 1040. The molecule has 2 aromatic heterocycles. The third kappa shape index (κ3) is 3.83. The lowest BCUT2D eigenvalue weighted by molar-refractivity contribution is 1.11. The maximum Gasteiger partial charge on any atom is 0.128 e. The summed E-state index contributed by atoms with van der Waals surface area (Å²) in [6.45, 7) is 0. The van der Waals surface area contributed by atoms with Crippen molar-refractivity contribution < 1.29 is 0 Å². The van der Waals surface area contributed by atoms with Crippen molar-refractivity contribution in [2.24, 2.45) is 0 Å². The van der Waals surface area contributed by atoms with Gasteiger partial charge in [0, 0.05) is 21.7 Å². The van der Waals surface area contributed by atoms with E-state index < -0.39 is 0 Å². The molecule has 2 heterocycles. The summed E-state index contributed by atoms with van der Waals surface area (Å²) in [7, 11) is 0. The van der Waals surface area contributed by atoms with Crippen LogP contribution in [0.4, 0.5) is 0 Å². The van der Waals surface area contributed by atoms with Gasteiger partial charge >= 0.3 is 0 Å². The number of benzene rings is 2. The third-order valence-electron chi connectivity index (χ3n) is 3.92. The number of fused-ring (bicyclic) bond motifs is 1. The molecule has 0 unspecified atom stereocenters. The molecule has 0 aliphatic rings. The zero-order valence-corrected chi connectivity index (χ0v) is 16.2. The van der Waals surface area contributed by atoms with Crippen LogP contribution in [-0.4, -0.2) is 15.7 Å². The molecular formula is C21H15ClN2S2. The predicted octanol–water partition coefficient (Wildman–Crippen LogP) is 6.82. The Morgan fingerprint density at radius 1 is 1.00 bits per heavy atom. The number of thiophene rings is 1. The van der Waals surface area contributed by atoms with Crippen molar-refractivity contribution in [1.82, 2.24) is 9.97 Å². The summed E-state index contributed by atoms with van der Waals surface area (Å²) in [6, 6.07) is 18.2. The molecule has 0 saturated carbocycles. The van der Waals surface area contributed by atoms with E-state index in [1.165, 1.54) is 5.56 Å². The predicted molar refractivity (Wildman–Crippen MR) is 114 cm³/mol. The van der Waals surface area contributed by atoms with Crippen LogP contribution in [0.25, 0.3) is 27.4 Å². The van der Waals surface area contributed by atoms with Crippen molar-refractivity contribution >= 4 is 51.0 Å². The largest absolute Gasteiger partial charge is 0.229 e. The number of halogens is 1. The minimum atomic E-state index is 0.741. The first-order chi connectivity index (χ1) is 12.8. The zero-order valence-electron chi connectivity index (χ0n) is 13.8. The fraction of sp³-hybridized carbons (Fsp3) is 0.0476. The Kier molecular flexibility index (Phi) is 5.34. The van der Waals surface area contributed by atoms with Crippen LogP contribution in [-0.2, 0) is 0 Å². The fourth-order valence-electron chi connectivity index (χ4n) is 2.67. The molecule has 0 atom stereocenters. The zero-order chi connectivity index (χ0) is 17.8. The highest BCUT2D eigenvalue weighted by molar-refractivity contribution is 7.99. The first-order valence-corrected chi connectivity index (χ1v) is 10.4. The highest BCUT2D eigenvalue weighted by atomic mass is 35.5. The van der Waals surface area contributed by atoms with Gasteiger partial charge in [0.05, 0.1) is 5.39 Å². The second-order valence-electron chi connectivity index (χ2n) is 5.64. The van der Waals surface area contributed by atoms with E-state index >= 15 is 0 Å². The van der Waals surface area contributed by atoms with Gasteiger partial charge in [-0.05, 0) is 23.3 Å². The van der Waals surface area contributed by atoms with Gasteiger partial charge in [0.1, 0.15) is 16.2 Å². The van der Waals surface area contributed by atoms with Crippen LogP contribution in [0.2, 0.25) is 5.02 Å². The van der Waals surface area contributed by atoms with Crippen LogP contribution in [0.3, 0.4) is 0 Å². The molecule has 26 heavy (non-hydrogen) atoms. The molecule has 0 radical (unpaired) electrons. The van der Waals surface area contributed by atoms with Crippen LogP contribution < -0.4 is 0 Å². The lowest BCUT2D eigenvalue weighted by atomic mass is 10.1. The minimum absolute atomic E-state index is 0.741. The normalized spacial score (nSPS) is 11.4. The van der Waals surface area contributed by atoms with Crippen LogP contribution in [0.15, 0.2) is 77.4 Å². The van der Waals surface area contributed by atoms with Gasteiger partial charge in [0.15, 0.2) is 0 Å². The van der Waals surface area contributed by atoms with Gasteiger partial charge in [0.2, 0.25) is 0 Å². The van der Waals surface area contributed by atoms with E-state index in [2.05, 4.69) is 39.6 Å². The van der Waals surface area contributed by atoms with Gasteiger partial charge < -0.3 is 0 Å². The van der Waals surface area contributed by atoms with Crippen molar-refractivity contribution in [3.8, 4) is 11.1 Å². The summed E-state index contributed by atoms with van der Waals surface area (Å²) in [5, 5.41) is 5.02. The van der Waals surface area contributed by atoms with Gasteiger partial charge in [-0.15, -0.1) is 23.1 Å². The molecule has 4 aromatic rings. The Balaban J connectivity index is 1.60. The lowest BCUT2D eigenvalue weighted by Crippen LogP contribution is -1.86. The van der Waals surface area contributed by atoms with Crippen LogP contribution in [0.1, 0.15) is 5.56 Å². The van der Waals surface area contributed by atoms with E-state index in [0.29, 0.717) is 0 Å². The number of aromatic nitrogens is 2. The minimum Gasteiger partial charge on any atom is -0.229 e. The van der Waals surface area contributed by atoms with E-state index in [1.807, 2.05) is 42.5 Å². The summed E-state index contributed by atoms with van der Waals surface area (Å²) in [6.07, 6.45) is 5.95. The van der Waals surface area contributed by atoms with Gasteiger partial charge in [-0.3, -0.25) is 0 Å². The molecule has 0 saturated heterocycles. The first-order valence-electron chi connectivity index (χ1n) is 8.14. The topological polar surface area (TPSA) is 25.8 Å². The van der Waals surface area contributed by atoms with Gasteiger partial charge in [-0.1, -0.05) is 66.2 Å². The molecule has 0 aliphatic carbocycles. The molecule has 5 heteroatoms. The number of nitrogens with zero attached hydrogens (tertiary/aromatic N) is 2. The molecule has 0 bridgehead atoms. The van der Waals surface area contributed by atoms with Gasteiger partial charge in [0.25, 0.3) is 0 Å². The Labute approximate surface area is 165 Å². The first kappa shape index (κ1) is 17.3. The smallest absolute Gasteiger partial charge is 0.128 e. The fourth-order valence-corrected chi connectivity index (χ4v) is 4.60. The quantitative estimate of drug-likeness (QED) is 0.274. The molecule has 4 rings (SSSR count). The molecule has 0 aliphatic heterocycles. The van der Waals surface area contributed by atoms with E-state index in [-0.39, 0.29) is 0 Å². The number of hydrogen-bond acceptors (Lipinski definition) is 4. The third-order valence-corrected chi connectivity index (χ3v) is 6.00. The van der Waals surface area contributed by atoms with Crippen molar-refractivity contribution in [3.05, 3.63) is 83.0 Å².